The molecule has 0 bridgehead atoms. The topological polar surface area (TPSA) is 24.9 Å². The highest BCUT2D eigenvalue weighted by Crippen LogP contribution is 2.32. The number of rotatable bonds is 2. The summed E-state index contributed by atoms with van der Waals surface area (Å²) in [5.74, 6) is -0.281. The highest BCUT2D eigenvalue weighted by molar-refractivity contribution is 14.1. The van der Waals surface area contributed by atoms with Crippen LogP contribution in [0.3, 0.4) is 0 Å². The molecule has 0 aliphatic rings. The van der Waals surface area contributed by atoms with E-state index >= 15 is 0 Å². The van der Waals surface area contributed by atoms with E-state index in [9.17, 15) is 4.39 Å². The molecule has 0 saturated carbocycles. The Hall–Kier alpha value is -0.920. The molecule has 2 aromatic carbocycles. The minimum Gasteiger partial charge on any atom is -0.330 e. The summed E-state index contributed by atoms with van der Waals surface area (Å²) in [4.78, 5) is 4.34. The van der Waals surface area contributed by atoms with Gasteiger partial charge in [-0.3, -0.25) is 0 Å². The number of thiazole rings is 1. The molecule has 1 heterocycles. The Balaban J connectivity index is 1.96. The van der Waals surface area contributed by atoms with Crippen molar-refractivity contribution in [3.05, 3.63) is 50.8 Å². The van der Waals surface area contributed by atoms with Gasteiger partial charge in [0.1, 0.15) is 5.82 Å². The Labute approximate surface area is 131 Å². The first kappa shape index (κ1) is 13.1. The molecule has 0 radical (unpaired) electrons. The lowest BCUT2D eigenvalue weighted by Crippen LogP contribution is -1.90. The van der Waals surface area contributed by atoms with E-state index < -0.39 is 0 Å². The maximum absolute atomic E-state index is 13.1. The predicted molar refractivity (Wildman–Crippen MR) is 87.0 cm³/mol. The second-order valence-electron chi connectivity index (χ2n) is 3.88. The number of aromatic nitrogens is 1. The van der Waals surface area contributed by atoms with Gasteiger partial charge in [0.15, 0.2) is 5.13 Å². The molecule has 0 aliphatic carbocycles. The first-order valence-electron chi connectivity index (χ1n) is 5.40. The third-order valence-electron chi connectivity index (χ3n) is 2.52. The van der Waals surface area contributed by atoms with Gasteiger partial charge < -0.3 is 5.32 Å². The van der Waals surface area contributed by atoms with Crippen LogP contribution in [-0.4, -0.2) is 4.98 Å². The van der Waals surface area contributed by atoms with Gasteiger partial charge in [0, 0.05) is 9.64 Å². The Morgan fingerprint density at radius 1 is 1.21 bits per heavy atom. The van der Waals surface area contributed by atoms with Crippen molar-refractivity contribution in [1.29, 1.82) is 0 Å². The molecule has 0 amide bonds. The molecule has 3 rings (SSSR count). The zero-order chi connectivity index (χ0) is 13.4. The number of hydrogen-bond acceptors (Lipinski definition) is 3. The summed E-state index contributed by atoms with van der Waals surface area (Å²) in [7, 11) is 0. The van der Waals surface area contributed by atoms with Gasteiger partial charge >= 0.3 is 0 Å². The van der Waals surface area contributed by atoms with Crippen molar-refractivity contribution in [2.24, 2.45) is 0 Å². The lowest BCUT2D eigenvalue weighted by molar-refractivity contribution is 0.629. The van der Waals surface area contributed by atoms with Crippen LogP contribution in [0.4, 0.5) is 15.2 Å². The zero-order valence-corrected chi connectivity index (χ0v) is 13.2. The van der Waals surface area contributed by atoms with Crippen LogP contribution in [0.5, 0.6) is 0 Å². The van der Waals surface area contributed by atoms with Crippen LogP contribution in [-0.2, 0) is 0 Å². The zero-order valence-electron chi connectivity index (χ0n) is 9.45. The average molecular weight is 405 g/mol. The average Bonchev–Trinajstić information content (AvgIpc) is 2.74. The van der Waals surface area contributed by atoms with Crippen molar-refractivity contribution in [2.75, 3.05) is 5.32 Å². The second-order valence-corrected chi connectivity index (χ2v) is 6.56. The van der Waals surface area contributed by atoms with Gasteiger partial charge in [0.2, 0.25) is 0 Å². The van der Waals surface area contributed by atoms with E-state index in [-0.39, 0.29) is 5.82 Å². The summed E-state index contributed by atoms with van der Waals surface area (Å²) >= 11 is 9.82. The van der Waals surface area contributed by atoms with E-state index in [1.54, 1.807) is 6.07 Å². The molecule has 0 unspecified atom stereocenters. The van der Waals surface area contributed by atoms with Crippen molar-refractivity contribution >= 4 is 66.6 Å². The lowest BCUT2D eigenvalue weighted by atomic mass is 10.3. The Bertz CT molecular complexity index is 759. The molecular weight excluding hydrogens is 398 g/mol. The minimum atomic E-state index is -0.281. The molecule has 96 valence electrons. The summed E-state index contributed by atoms with van der Waals surface area (Å²) in [6, 6.07) is 10.3. The van der Waals surface area contributed by atoms with Crippen LogP contribution in [0.25, 0.3) is 10.2 Å². The summed E-state index contributed by atoms with van der Waals surface area (Å²) in [6.45, 7) is 0. The van der Waals surface area contributed by atoms with Crippen molar-refractivity contribution in [2.45, 2.75) is 0 Å². The van der Waals surface area contributed by atoms with Crippen LogP contribution in [0, 0.1) is 9.39 Å². The maximum Gasteiger partial charge on any atom is 0.188 e. The summed E-state index contributed by atoms with van der Waals surface area (Å²) in [5.41, 5.74) is 1.44. The van der Waals surface area contributed by atoms with E-state index in [0.29, 0.717) is 15.7 Å². The van der Waals surface area contributed by atoms with Gasteiger partial charge in [-0.2, -0.15) is 0 Å². The first-order valence-corrected chi connectivity index (χ1v) is 7.67. The quantitative estimate of drug-likeness (QED) is 0.576. The molecule has 1 N–H and O–H groups in total. The molecule has 0 aliphatic heterocycles. The Kier molecular flexibility index (Phi) is 3.60. The minimum absolute atomic E-state index is 0.281. The van der Waals surface area contributed by atoms with Crippen molar-refractivity contribution in [1.82, 2.24) is 4.98 Å². The van der Waals surface area contributed by atoms with Crippen molar-refractivity contribution in [3.8, 4) is 0 Å². The molecule has 0 spiro atoms. The van der Waals surface area contributed by atoms with Crippen LogP contribution >= 0.6 is 45.5 Å². The number of fused-ring (bicyclic) bond motifs is 1. The number of halogens is 3. The highest BCUT2D eigenvalue weighted by Gasteiger charge is 2.07. The van der Waals surface area contributed by atoms with Gasteiger partial charge in [-0.1, -0.05) is 22.9 Å². The van der Waals surface area contributed by atoms with Crippen LogP contribution in [0.15, 0.2) is 36.4 Å². The van der Waals surface area contributed by atoms with Crippen molar-refractivity contribution < 1.29 is 4.39 Å². The fraction of sp³-hybridized carbons (Fsp3) is 0. The van der Waals surface area contributed by atoms with Gasteiger partial charge in [0.25, 0.3) is 0 Å². The van der Waals surface area contributed by atoms with Gasteiger partial charge in [0.05, 0.1) is 20.9 Å². The number of nitrogens with zero attached hydrogens (tertiary/aromatic N) is 1. The number of nitrogens with one attached hydrogen (secondary N) is 1. The molecule has 0 atom stereocenters. The fourth-order valence-electron chi connectivity index (χ4n) is 1.66. The number of benzene rings is 2. The monoisotopic (exact) mass is 404 g/mol. The Morgan fingerprint density at radius 2 is 2.05 bits per heavy atom. The normalized spacial score (nSPS) is 10.9. The van der Waals surface area contributed by atoms with Crippen LogP contribution < -0.4 is 5.32 Å². The summed E-state index contributed by atoms with van der Waals surface area (Å²) < 4.78 is 15.1. The van der Waals surface area contributed by atoms with Crippen molar-refractivity contribution in [3.63, 3.8) is 0 Å². The fourth-order valence-corrected chi connectivity index (χ4v) is 3.42. The van der Waals surface area contributed by atoms with E-state index in [2.05, 4.69) is 32.9 Å². The molecule has 3 aromatic rings. The van der Waals surface area contributed by atoms with Crippen LogP contribution in [0.1, 0.15) is 0 Å². The largest absolute Gasteiger partial charge is 0.330 e. The Morgan fingerprint density at radius 3 is 2.84 bits per heavy atom. The van der Waals surface area contributed by atoms with Crippen LogP contribution in [0.2, 0.25) is 5.02 Å². The third kappa shape index (κ3) is 2.82. The lowest BCUT2D eigenvalue weighted by Gasteiger charge is -2.04. The molecule has 6 heteroatoms. The third-order valence-corrected chi connectivity index (χ3v) is 4.46. The van der Waals surface area contributed by atoms with Gasteiger partial charge in [-0.15, -0.1) is 0 Å². The standard InChI is InChI=1S/C13H7ClFIN2S/c14-9-6-8(16)2-3-10(9)17-13-18-11-5-7(15)1-4-12(11)19-13/h1-6H,(H,17,18). The van der Waals surface area contributed by atoms with Gasteiger partial charge in [-0.05, 0) is 52.9 Å². The van der Waals surface area contributed by atoms with Gasteiger partial charge in [-0.25, -0.2) is 9.37 Å². The second kappa shape index (κ2) is 5.22. The number of hydrogen-bond donors (Lipinski definition) is 1. The van der Waals surface area contributed by atoms with E-state index in [0.717, 1.165) is 14.0 Å². The summed E-state index contributed by atoms with van der Waals surface area (Å²) in [5, 5.41) is 4.49. The summed E-state index contributed by atoms with van der Waals surface area (Å²) in [6.07, 6.45) is 0. The molecule has 2 nitrogen and oxygen atoms in total. The SMILES string of the molecule is Fc1ccc2sc(Nc3ccc(I)cc3Cl)nc2c1. The molecule has 1 aromatic heterocycles. The molecule has 0 fully saturated rings. The van der Waals surface area contributed by atoms with E-state index in [4.69, 9.17) is 11.6 Å². The molecule has 0 saturated heterocycles. The number of anilines is 2. The maximum atomic E-state index is 13.1. The van der Waals surface area contributed by atoms with E-state index in [1.165, 1.54) is 23.5 Å². The predicted octanol–water partition coefficient (Wildman–Crippen LogP) is 5.44. The molecule has 19 heavy (non-hydrogen) atoms. The van der Waals surface area contributed by atoms with E-state index in [1.807, 2.05) is 18.2 Å². The molecular formula is C13H7ClFIN2S. The smallest absolute Gasteiger partial charge is 0.188 e. The highest BCUT2D eigenvalue weighted by atomic mass is 127. The first-order chi connectivity index (χ1) is 9.11.